The lowest BCUT2D eigenvalue weighted by molar-refractivity contribution is -0.147. The number of nitrogens with one attached hydrogen (secondary N) is 3. The molecular weight excluding hydrogens is 520 g/mol. The minimum absolute atomic E-state index is 0.0250. The van der Waals surface area contributed by atoms with E-state index in [1.54, 1.807) is 23.8 Å². The molecule has 0 spiro atoms. The predicted molar refractivity (Wildman–Crippen MR) is 158 cm³/mol. The molecule has 4 rings (SSSR count). The number of carbonyl (C=O) groups is 4. The van der Waals surface area contributed by atoms with Crippen LogP contribution in [-0.2, 0) is 19.2 Å². The summed E-state index contributed by atoms with van der Waals surface area (Å²) in [6, 6.07) is 16.9. The highest BCUT2D eigenvalue weighted by atomic mass is 16.2. The van der Waals surface area contributed by atoms with Gasteiger partial charge in [0.1, 0.15) is 12.1 Å². The fraction of sp³-hybridized carbons (Fsp3) is 0.500. The first-order valence-electron chi connectivity index (χ1n) is 14.7. The summed E-state index contributed by atoms with van der Waals surface area (Å²) in [5.41, 5.74) is 1.90. The SMILES string of the molecule is CC(C)CC(=O)N1CC[C@H]2CC[C@@H](C(=O)NC(c3ccccc3)c3ccccc3)N2C(=O)[C@@H](NC(=O)[C@H](C)N[14CH3])C1. The van der Waals surface area contributed by atoms with E-state index in [2.05, 4.69) is 16.0 Å². The molecule has 0 radical (unpaired) electrons. The molecule has 0 aromatic heterocycles. The van der Waals surface area contributed by atoms with E-state index in [-0.39, 0.29) is 48.2 Å². The Morgan fingerprint density at radius 3 is 2.10 bits per heavy atom. The molecule has 9 heteroatoms. The van der Waals surface area contributed by atoms with Crippen LogP contribution in [0.3, 0.4) is 0 Å². The highest BCUT2D eigenvalue weighted by Gasteiger charge is 2.46. The lowest BCUT2D eigenvalue weighted by atomic mass is 9.98. The number of nitrogens with zero attached hydrogens (tertiary/aromatic N) is 2. The molecule has 9 nitrogen and oxygen atoms in total. The Hall–Kier alpha value is -3.72. The number of hydrogen-bond acceptors (Lipinski definition) is 5. The minimum atomic E-state index is -0.940. The third-order valence-electron chi connectivity index (χ3n) is 8.12. The minimum Gasteiger partial charge on any atom is -0.343 e. The average Bonchev–Trinajstić information content (AvgIpc) is 3.39. The molecule has 2 saturated heterocycles. The lowest BCUT2D eigenvalue weighted by Crippen LogP contribution is -2.62. The molecule has 0 bridgehead atoms. The second-order valence-corrected chi connectivity index (χ2v) is 11.6. The largest absolute Gasteiger partial charge is 0.343 e. The van der Waals surface area contributed by atoms with Crippen molar-refractivity contribution in [3.8, 4) is 0 Å². The van der Waals surface area contributed by atoms with Crippen molar-refractivity contribution >= 4 is 23.6 Å². The Morgan fingerprint density at radius 1 is 0.927 bits per heavy atom. The van der Waals surface area contributed by atoms with Gasteiger partial charge >= 0.3 is 0 Å². The average molecular weight is 564 g/mol. The van der Waals surface area contributed by atoms with E-state index in [1.165, 1.54) is 0 Å². The molecule has 0 aliphatic carbocycles. The summed E-state index contributed by atoms with van der Waals surface area (Å²) in [6.07, 6.45) is 2.15. The molecular formula is C32H43N5O4. The third kappa shape index (κ3) is 7.33. The molecule has 41 heavy (non-hydrogen) atoms. The molecule has 2 heterocycles. The van der Waals surface area contributed by atoms with Crippen LogP contribution in [0.5, 0.6) is 0 Å². The van der Waals surface area contributed by atoms with E-state index < -0.39 is 18.1 Å². The van der Waals surface area contributed by atoms with Gasteiger partial charge in [-0.05, 0) is 50.3 Å². The Kier molecular flexibility index (Phi) is 10.2. The van der Waals surface area contributed by atoms with Crippen molar-refractivity contribution in [3.05, 3.63) is 71.8 Å². The van der Waals surface area contributed by atoms with Gasteiger partial charge < -0.3 is 25.8 Å². The van der Waals surface area contributed by atoms with E-state index in [9.17, 15) is 19.2 Å². The summed E-state index contributed by atoms with van der Waals surface area (Å²) in [5, 5.41) is 8.99. The number of carbonyl (C=O) groups excluding carboxylic acids is 4. The molecule has 220 valence electrons. The molecule has 2 aliphatic heterocycles. The maximum Gasteiger partial charge on any atom is 0.247 e. The van der Waals surface area contributed by atoms with Crippen LogP contribution in [0.2, 0.25) is 0 Å². The van der Waals surface area contributed by atoms with Crippen molar-refractivity contribution < 1.29 is 19.2 Å². The fourth-order valence-electron chi connectivity index (χ4n) is 5.76. The second kappa shape index (κ2) is 13.8. The van der Waals surface area contributed by atoms with Gasteiger partial charge in [-0.1, -0.05) is 74.5 Å². The molecule has 2 aromatic carbocycles. The maximum atomic E-state index is 14.1. The number of likely N-dealkylation sites (N-methyl/N-ethyl adjacent to an activating group) is 1. The van der Waals surface area contributed by atoms with E-state index in [4.69, 9.17) is 0 Å². The quantitative estimate of drug-likeness (QED) is 0.435. The van der Waals surface area contributed by atoms with Crippen molar-refractivity contribution in [2.45, 2.75) is 76.7 Å². The highest BCUT2D eigenvalue weighted by Crippen LogP contribution is 2.31. The zero-order valence-electron chi connectivity index (χ0n) is 24.5. The van der Waals surface area contributed by atoms with Crippen LogP contribution in [-0.4, -0.2) is 77.7 Å². The van der Waals surface area contributed by atoms with Gasteiger partial charge in [-0.15, -0.1) is 0 Å². The smallest absolute Gasteiger partial charge is 0.247 e. The monoisotopic (exact) mass is 563 g/mol. The number of fused-ring (bicyclic) bond motifs is 1. The summed E-state index contributed by atoms with van der Waals surface area (Å²) in [5.74, 6) is -0.710. The third-order valence-corrected chi connectivity index (χ3v) is 8.12. The van der Waals surface area contributed by atoms with Crippen molar-refractivity contribution in [2.75, 3.05) is 20.1 Å². The highest BCUT2D eigenvalue weighted by molar-refractivity contribution is 5.94. The molecule has 3 N–H and O–H groups in total. The number of benzene rings is 2. The summed E-state index contributed by atoms with van der Waals surface area (Å²) in [4.78, 5) is 57.4. The summed E-state index contributed by atoms with van der Waals surface area (Å²) < 4.78 is 0. The lowest BCUT2D eigenvalue weighted by Gasteiger charge is -2.39. The Balaban J connectivity index is 1.60. The van der Waals surface area contributed by atoms with Gasteiger partial charge in [0.15, 0.2) is 0 Å². The number of amides is 4. The van der Waals surface area contributed by atoms with Gasteiger partial charge in [-0.25, -0.2) is 0 Å². The fourth-order valence-corrected chi connectivity index (χ4v) is 5.76. The summed E-state index contributed by atoms with van der Waals surface area (Å²) >= 11 is 0. The Bertz CT molecular complexity index is 1170. The molecule has 0 saturated carbocycles. The Labute approximate surface area is 243 Å². The molecule has 4 atom stereocenters. The van der Waals surface area contributed by atoms with Crippen LogP contribution in [0.15, 0.2) is 60.7 Å². The standard InChI is InChI=1S/C32H43N5O4/c1-21(2)19-28(38)36-18-17-25-15-16-27(37(25)32(41)26(20-36)34-30(39)22(3)33-4)31(40)35-29(23-11-7-5-8-12-23)24-13-9-6-10-14-24/h5-14,21-22,25-27,29,33H,15-20H2,1-4H3,(H,34,39)(H,35,40)/t22-,25+,26-,27-/m0/s1/i4+2. The van der Waals surface area contributed by atoms with Crippen LogP contribution in [0.25, 0.3) is 0 Å². The van der Waals surface area contributed by atoms with Crippen LogP contribution in [0, 0.1) is 5.92 Å². The van der Waals surface area contributed by atoms with Gasteiger partial charge in [-0.2, -0.15) is 0 Å². The van der Waals surface area contributed by atoms with Crippen LogP contribution in [0.1, 0.15) is 63.6 Å². The maximum absolute atomic E-state index is 14.1. The summed E-state index contributed by atoms with van der Waals surface area (Å²) in [7, 11) is 1.68. The molecule has 0 unspecified atom stereocenters. The van der Waals surface area contributed by atoms with E-state index >= 15 is 0 Å². The zero-order valence-corrected chi connectivity index (χ0v) is 24.5. The van der Waals surface area contributed by atoms with Crippen LogP contribution < -0.4 is 16.0 Å². The van der Waals surface area contributed by atoms with Crippen molar-refractivity contribution in [1.29, 1.82) is 0 Å². The predicted octanol–water partition coefficient (Wildman–Crippen LogP) is 2.62. The molecule has 2 fully saturated rings. The van der Waals surface area contributed by atoms with Gasteiger partial charge in [0.25, 0.3) is 0 Å². The first kappa shape index (κ1) is 30.2. The Morgan fingerprint density at radius 2 is 1.54 bits per heavy atom. The zero-order chi connectivity index (χ0) is 29.5. The normalized spacial score (nSPS) is 21.7. The number of hydrogen-bond donors (Lipinski definition) is 3. The van der Waals surface area contributed by atoms with Crippen LogP contribution >= 0.6 is 0 Å². The molecule has 2 aromatic rings. The summed E-state index contributed by atoms with van der Waals surface area (Å²) in [6.45, 7) is 6.24. The first-order chi connectivity index (χ1) is 19.7. The van der Waals surface area contributed by atoms with Gasteiger partial charge in [0.2, 0.25) is 23.6 Å². The number of rotatable bonds is 9. The topological polar surface area (TPSA) is 111 Å². The van der Waals surface area contributed by atoms with Gasteiger partial charge in [-0.3, -0.25) is 19.2 Å². The van der Waals surface area contributed by atoms with Crippen LogP contribution in [0.4, 0.5) is 0 Å². The van der Waals surface area contributed by atoms with Crippen molar-refractivity contribution in [3.63, 3.8) is 0 Å². The van der Waals surface area contributed by atoms with Gasteiger partial charge in [0, 0.05) is 25.6 Å². The molecule has 2 aliphatic rings. The molecule has 4 amide bonds. The van der Waals surface area contributed by atoms with E-state index in [1.807, 2.05) is 74.5 Å². The van der Waals surface area contributed by atoms with Gasteiger partial charge in [0.05, 0.1) is 12.1 Å². The first-order valence-corrected chi connectivity index (χ1v) is 14.7. The van der Waals surface area contributed by atoms with Crippen molar-refractivity contribution in [2.24, 2.45) is 5.92 Å². The van der Waals surface area contributed by atoms with E-state index in [0.717, 1.165) is 11.1 Å². The second-order valence-electron chi connectivity index (χ2n) is 11.6. The van der Waals surface area contributed by atoms with Crippen molar-refractivity contribution in [1.82, 2.24) is 25.8 Å². The van der Waals surface area contributed by atoms with E-state index in [0.29, 0.717) is 32.2 Å².